The Balaban J connectivity index is 2.02. The number of aliphatic hydroxyl groups excluding tert-OH is 1. The molecule has 1 rings (SSSR count). The molecule has 15 heavy (non-hydrogen) atoms. The van der Waals surface area contributed by atoms with Crippen LogP contribution in [0.5, 0.6) is 0 Å². The molecule has 0 bridgehead atoms. The fraction of sp³-hybridized carbons (Fsp3) is 1.00. The van der Waals surface area contributed by atoms with Crippen LogP contribution < -0.4 is 5.32 Å². The first-order valence-electron chi connectivity index (χ1n) is 5.79. The third kappa shape index (κ3) is 6.10. The predicted octanol–water partition coefficient (Wildman–Crippen LogP) is 0.541. The van der Waals surface area contributed by atoms with E-state index in [9.17, 15) is 5.11 Å². The Morgan fingerprint density at radius 2 is 2.33 bits per heavy atom. The van der Waals surface area contributed by atoms with E-state index in [1.54, 1.807) is 0 Å². The zero-order valence-corrected chi connectivity index (χ0v) is 9.74. The van der Waals surface area contributed by atoms with Gasteiger partial charge >= 0.3 is 0 Å². The molecule has 0 aromatic rings. The Morgan fingerprint density at radius 1 is 1.53 bits per heavy atom. The Labute approximate surface area is 92.0 Å². The third-order valence-electron chi connectivity index (χ3n) is 2.42. The topological polar surface area (TPSA) is 50.7 Å². The first kappa shape index (κ1) is 12.9. The highest BCUT2D eigenvalue weighted by molar-refractivity contribution is 4.71. The molecule has 90 valence electrons. The van der Waals surface area contributed by atoms with Gasteiger partial charge in [0.1, 0.15) is 0 Å². The van der Waals surface area contributed by atoms with Gasteiger partial charge in [-0.1, -0.05) is 0 Å². The summed E-state index contributed by atoms with van der Waals surface area (Å²) in [6, 6.07) is 0.396. The summed E-state index contributed by atoms with van der Waals surface area (Å²) in [4.78, 5) is 0. The molecule has 0 amide bonds. The van der Waals surface area contributed by atoms with E-state index in [0.717, 1.165) is 26.1 Å². The van der Waals surface area contributed by atoms with Crippen molar-refractivity contribution in [3.05, 3.63) is 0 Å². The molecule has 0 spiro atoms. The average Bonchev–Trinajstić information content (AvgIpc) is 2.25. The van der Waals surface area contributed by atoms with Crippen LogP contribution in [0.25, 0.3) is 0 Å². The molecule has 1 aliphatic heterocycles. The van der Waals surface area contributed by atoms with Crippen molar-refractivity contribution < 1.29 is 14.6 Å². The molecule has 0 saturated carbocycles. The fourth-order valence-corrected chi connectivity index (χ4v) is 1.57. The van der Waals surface area contributed by atoms with Gasteiger partial charge in [0.25, 0.3) is 0 Å². The van der Waals surface area contributed by atoms with Gasteiger partial charge in [0.2, 0.25) is 0 Å². The molecule has 1 aliphatic rings. The fourth-order valence-electron chi connectivity index (χ4n) is 1.57. The van der Waals surface area contributed by atoms with E-state index in [4.69, 9.17) is 9.47 Å². The zero-order valence-electron chi connectivity index (χ0n) is 9.74. The normalized spacial score (nSPS) is 24.4. The molecule has 1 heterocycles. The van der Waals surface area contributed by atoms with Gasteiger partial charge in [-0.2, -0.15) is 0 Å². The molecular formula is C11H23NO3. The van der Waals surface area contributed by atoms with Gasteiger partial charge in [-0.05, 0) is 26.7 Å². The average molecular weight is 217 g/mol. The minimum absolute atomic E-state index is 0.178. The molecule has 2 atom stereocenters. The van der Waals surface area contributed by atoms with Crippen molar-refractivity contribution >= 4 is 0 Å². The van der Waals surface area contributed by atoms with Gasteiger partial charge < -0.3 is 19.9 Å². The van der Waals surface area contributed by atoms with Gasteiger partial charge in [-0.25, -0.2) is 0 Å². The third-order valence-corrected chi connectivity index (χ3v) is 2.42. The lowest BCUT2D eigenvalue weighted by Gasteiger charge is -2.24. The van der Waals surface area contributed by atoms with E-state index in [2.05, 4.69) is 5.32 Å². The van der Waals surface area contributed by atoms with Crippen LogP contribution in [0.1, 0.15) is 26.7 Å². The van der Waals surface area contributed by atoms with E-state index in [0.29, 0.717) is 19.2 Å². The number of ether oxygens (including phenoxy) is 2. The van der Waals surface area contributed by atoms with Crippen molar-refractivity contribution in [2.24, 2.45) is 0 Å². The minimum Gasteiger partial charge on any atom is -0.389 e. The summed E-state index contributed by atoms with van der Waals surface area (Å²) in [6.45, 7) is 6.55. The lowest BCUT2D eigenvalue weighted by molar-refractivity contribution is 0.00146. The second-order valence-corrected chi connectivity index (χ2v) is 4.36. The quantitative estimate of drug-likeness (QED) is 0.682. The Kier molecular flexibility index (Phi) is 6.17. The van der Waals surface area contributed by atoms with E-state index in [1.807, 2.05) is 13.8 Å². The molecular weight excluding hydrogens is 194 g/mol. The summed E-state index contributed by atoms with van der Waals surface area (Å²) in [5.41, 5.74) is 0. The molecule has 2 N–H and O–H groups in total. The van der Waals surface area contributed by atoms with Crippen LogP contribution >= 0.6 is 0 Å². The number of rotatable bonds is 6. The lowest BCUT2D eigenvalue weighted by atomic mass is 10.1. The molecule has 1 fully saturated rings. The van der Waals surface area contributed by atoms with Crippen molar-refractivity contribution in [1.82, 2.24) is 5.32 Å². The van der Waals surface area contributed by atoms with E-state index in [1.165, 1.54) is 0 Å². The first-order chi connectivity index (χ1) is 7.18. The lowest BCUT2D eigenvalue weighted by Crippen LogP contribution is -2.42. The molecule has 0 radical (unpaired) electrons. The van der Waals surface area contributed by atoms with Crippen LogP contribution in [-0.4, -0.2) is 49.7 Å². The zero-order chi connectivity index (χ0) is 11.1. The van der Waals surface area contributed by atoms with E-state index < -0.39 is 6.10 Å². The maximum atomic E-state index is 9.60. The molecule has 4 nitrogen and oxygen atoms in total. The first-order valence-corrected chi connectivity index (χ1v) is 5.79. The van der Waals surface area contributed by atoms with Gasteiger partial charge in [-0.15, -0.1) is 0 Å². The second-order valence-electron chi connectivity index (χ2n) is 4.36. The summed E-state index contributed by atoms with van der Waals surface area (Å²) < 4.78 is 10.7. The summed E-state index contributed by atoms with van der Waals surface area (Å²) in [6.07, 6.45) is 2.00. The van der Waals surface area contributed by atoms with Crippen molar-refractivity contribution in [1.29, 1.82) is 0 Å². The number of hydrogen-bond donors (Lipinski definition) is 2. The Hall–Kier alpha value is -0.160. The SMILES string of the molecule is CC(C)OCC(O)CNC1CCCOC1. The van der Waals surface area contributed by atoms with Crippen molar-refractivity contribution in [3.8, 4) is 0 Å². The smallest absolute Gasteiger partial charge is 0.0897 e. The highest BCUT2D eigenvalue weighted by atomic mass is 16.5. The summed E-state index contributed by atoms with van der Waals surface area (Å²) in [5.74, 6) is 0. The molecule has 0 aliphatic carbocycles. The van der Waals surface area contributed by atoms with Crippen LogP contribution in [0.2, 0.25) is 0 Å². The van der Waals surface area contributed by atoms with Crippen LogP contribution in [0.4, 0.5) is 0 Å². The molecule has 1 saturated heterocycles. The molecule has 4 heteroatoms. The van der Waals surface area contributed by atoms with Crippen LogP contribution in [0.15, 0.2) is 0 Å². The number of hydrogen-bond acceptors (Lipinski definition) is 4. The maximum Gasteiger partial charge on any atom is 0.0897 e. The van der Waals surface area contributed by atoms with Crippen molar-refractivity contribution in [2.45, 2.75) is 44.9 Å². The largest absolute Gasteiger partial charge is 0.389 e. The highest BCUT2D eigenvalue weighted by Crippen LogP contribution is 2.05. The van der Waals surface area contributed by atoms with E-state index >= 15 is 0 Å². The Bertz CT molecular complexity index is 158. The van der Waals surface area contributed by atoms with Gasteiger partial charge in [0, 0.05) is 19.2 Å². The van der Waals surface area contributed by atoms with Gasteiger partial charge in [-0.3, -0.25) is 0 Å². The molecule has 0 aromatic heterocycles. The van der Waals surface area contributed by atoms with Crippen molar-refractivity contribution in [2.75, 3.05) is 26.4 Å². The summed E-state index contributed by atoms with van der Waals surface area (Å²) in [7, 11) is 0. The van der Waals surface area contributed by atoms with Gasteiger partial charge in [0.15, 0.2) is 0 Å². The van der Waals surface area contributed by atoms with Crippen LogP contribution in [-0.2, 0) is 9.47 Å². The molecule has 0 aromatic carbocycles. The van der Waals surface area contributed by atoms with Crippen LogP contribution in [0.3, 0.4) is 0 Å². The highest BCUT2D eigenvalue weighted by Gasteiger charge is 2.14. The monoisotopic (exact) mass is 217 g/mol. The van der Waals surface area contributed by atoms with Gasteiger partial charge in [0.05, 0.1) is 25.4 Å². The predicted molar refractivity (Wildman–Crippen MR) is 58.9 cm³/mol. The number of nitrogens with one attached hydrogen (secondary N) is 1. The standard InChI is InChI=1S/C11H23NO3/c1-9(2)15-8-11(13)6-12-10-4-3-5-14-7-10/h9-13H,3-8H2,1-2H3. The second kappa shape index (κ2) is 7.17. The summed E-state index contributed by atoms with van der Waals surface area (Å²) >= 11 is 0. The van der Waals surface area contributed by atoms with E-state index in [-0.39, 0.29) is 6.10 Å². The minimum atomic E-state index is -0.422. The van der Waals surface area contributed by atoms with Crippen molar-refractivity contribution in [3.63, 3.8) is 0 Å². The van der Waals surface area contributed by atoms with Crippen LogP contribution in [0, 0.1) is 0 Å². The number of aliphatic hydroxyl groups is 1. The summed E-state index contributed by atoms with van der Waals surface area (Å²) in [5, 5.41) is 12.9. The maximum absolute atomic E-state index is 9.60. The molecule has 2 unspecified atom stereocenters. The Morgan fingerprint density at radius 3 is 2.93 bits per heavy atom.